The lowest BCUT2D eigenvalue weighted by molar-refractivity contribution is 0.414. The van der Waals surface area contributed by atoms with Gasteiger partial charge >= 0.3 is 0 Å². The average Bonchev–Trinajstić information content (AvgIpc) is 2.49. The van der Waals surface area contributed by atoms with Crippen molar-refractivity contribution < 1.29 is 4.74 Å². The molecule has 0 aliphatic heterocycles. The maximum Gasteiger partial charge on any atom is 0.124 e. The molecule has 0 heterocycles. The number of nitrogens with zero attached hydrogens (tertiary/aromatic N) is 2. The number of benzene rings is 2. The van der Waals surface area contributed by atoms with Crippen LogP contribution in [0.2, 0.25) is 0 Å². The first kappa shape index (κ1) is 14.0. The first-order chi connectivity index (χ1) is 9.67. The van der Waals surface area contributed by atoms with Gasteiger partial charge in [-0.2, -0.15) is 0 Å². The summed E-state index contributed by atoms with van der Waals surface area (Å²) in [5, 5.41) is 5.68. The topological polar surface area (TPSA) is 94.1 Å². The molecule has 0 fully saturated rings. The molecule has 0 bridgehead atoms. The van der Waals surface area contributed by atoms with E-state index in [0.717, 1.165) is 4.90 Å². The summed E-state index contributed by atoms with van der Waals surface area (Å²) in [6.45, 7) is 0. The van der Waals surface area contributed by atoms with Crippen LogP contribution in [0.1, 0.15) is 0 Å². The highest BCUT2D eigenvalue weighted by atomic mass is 32.2. The Morgan fingerprint density at radius 2 is 1.85 bits per heavy atom. The van der Waals surface area contributed by atoms with Gasteiger partial charge in [0.15, 0.2) is 0 Å². The third-order valence-corrected chi connectivity index (χ3v) is 3.73. The number of nitroso groups, excluding NO2 is 2. The second-order valence-electron chi connectivity index (χ2n) is 3.84. The van der Waals surface area contributed by atoms with E-state index < -0.39 is 0 Å². The Labute approximate surface area is 119 Å². The van der Waals surface area contributed by atoms with Crippen LogP contribution in [0.15, 0.2) is 56.5 Å². The monoisotopic (exact) mass is 289 g/mol. The molecule has 2 aromatic carbocycles. The van der Waals surface area contributed by atoms with Crippen LogP contribution in [0, 0.1) is 9.81 Å². The van der Waals surface area contributed by atoms with Gasteiger partial charge in [0, 0.05) is 15.5 Å². The van der Waals surface area contributed by atoms with E-state index in [2.05, 4.69) is 10.4 Å². The zero-order valence-electron chi connectivity index (χ0n) is 10.6. The van der Waals surface area contributed by atoms with Gasteiger partial charge in [-0.25, -0.2) is 0 Å². The Kier molecular flexibility index (Phi) is 4.31. The molecule has 2 rings (SSSR count). The molecule has 0 aromatic heterocycles. The zero-order chi connectivity index (χ0) is 14.5. The Morgan fingerprint density at radius 3 is 2.50 bits per heavy atom. The van der Waals surface area contributed by atoms with Crippen LogP contribution in [0.4, 0.5) is 17.1 Å². The van der Waals surface area contributed by atoms with Gasteiger partial charge in [-0.15, -0.1) is 9.81 Å². The number of ether oxygens (including phenoxy) is 1. The smallest absolute Gasteiger partial charge is 0.124 e. The third-order valence-electron chi connectivity index (χ3n) is 2.59. The normalized spacial score (nSPS) is 10.1. The fourth-order valence-corrected chi connectivity index (χ4v) is 2.50. The molecule has 20 heavy (non-hydrogen) atoms. The van der Waals surface area contributed by atoms with E-state index in [4.69, 9.17) is 10.5 Å². The molecule has 0 spiro atoms. The molecular weight excluding hydrogens is 278 g/mol. The number of hydrogen-bond acceptors (Lipinski definition) is 7. The summed E-state index contributed by atoms with van der Waals surface area (Å²) < 4.78 is 5.13. The van der Waals surface area contributed by atoms with Gasteiger partial charge in [-0.1, -0.05) is 11.8 Å². The minimum Gasteiger partial charge on any atom is -0.497 e. The number of nitrogens with two attached hydrogens (primary N) is 1. The van der Waals surface area contributed by atoms with Crippen LogP contribution < -0.4 is 10.5 Å². The van der Waals surface area contributed by atoms with Gasteiger partial charge in [0.25, 0.3) is 0 Å². The maximum absolute atomic E-state index is 10.8. The van der Waals surface area contributed by atoms with Gasteiger partial charge < -0.3 is 10.5 Å². The molecular formula is C13H11N3O3S. The molecule has 2 aromatic rings. The molecule has 0 unspecified atom stereocenters. The van der Waals surface area contributed by atoms with Crippen molar-refractivity contribution in [2.24, 2.45) is 10.4 Å². The van der Waals surface area contributed by atoms with Crippen molar-refractivity contribution in [1.29, 1.82) is 0 Å². The van der Waals surface area contributed by atoms with Crippen LogP contribution >= 0.6 is 11.8 Å². The van der Waals surface area contributed by atoms with E-state index in [1.807, 2.05) is 0 Å². The lowest BCUT2D eigenvalue weighted by atomic mass is 10.3. The molecule has 0 saturated carbocycles. The van der Waals surface area contributed by atoms with Gasteiger partial charge in [0.2, 0.25) is 0 Å². The highest BCUT2D eigenvalue weighted by Crippen LogP contribution is 2.40. The predicted molar refractivity (Wildman–Crippen MR) is 78.9 cm³/mol. The number of anilines is 1. The van der Waals surface area contributed by atoms with Crippen molar-refractivity contribution in [3.05, 3.63) is 46.2 Å². The number of rotatable bonds is 5. The van der Waals surface area contributed by atoms with E-state index in [-0.39, 0.29) is 11.4 Å². The van der Waals surface area contributed by atoms with Crippen LogP contribution in [0.5, 0.6) is 5.75 Å². The standard InChI is InChI=1S/C13H11N3O3S/c1-19-9-3-4-10(14)13(7-9)20-12-5-2-8(15-17)6-11(12)16-18/h2-7H,14H2,1H3. The second kappa shape index (κ2) is 6.16. The van der Waals surface area contributed by atoms with Gasteiger partial charge in [-0.3, -0.25) is 0 Å². The summed E-state index contributed by atoms with van der Waals surface area (Å²) in [6, 6.07) is 9.69. The van der Waals surface area contributed by atoms with Gasteiger partial charge in [0.1, 0.15) is 17.1 Å². The largest absolute Gasteiger partial charge is 0.497 e. The molecule has 0 amide bonds. The van der Waals surface area contributed by atoms with Crippen molar-refractivity contribution in [3.63, 3.8) is 0 Å². The van der Waals surface area contributed by atoms with E-state index in [0.29, 0.717) is 16.3 Å². The fraction of sp³-hybridized carbons (Fsp3) is 0.0769. The maximum atomic E-state index is 10.8. The van der Waals surface area contributed by atoms with Crippen LogP contribution in [0.3, 0.4) is 0 Å². The molecule has 2 N–H and O–H groups in total. The number of nitrogen functional groups attached to an aromatic ring is 1. The van der Waals surface area contributed by atoms with E-state index in [1.165, 1.54) is 23.9 Å². The molecule has 7 heteroatoms. The van der Waals surface area contributed by atoms with Gasteiger partial charge in [0.05, 0.1) is 7.11 Å². The van der Waals surface area contributed by atoms with Crippen LogP contribution in [-0.4, -0.2) is 7.11 Å². The summed E-state index contributed by atoms with van der Waals surface area (Å²) in [6.07, 6.45) is 0. The molecule has 102 valence electrons. The Morgan fingerprint density at radius 1 is 1.05 bits per heavy atom. The van der Waals surface area contributed by atoms with E-state index in [9.17, 15) is 9.81 Å². The van der Waals surface area contributed by atoms with E-state index >= 15 is 0 Å². The Balaban J connectivity index is 2.39. The van der Waals surface area contributed by atoms with E-state index in [1.54, 1.807) is 31.4 Å². The van der Waals surface area contributed by atoms with Crippen molar-refractivity contribution >= 4 is 28.8 Å². The molecule has 0 saturated heterocycles. The minimum atomic E-state index is 0.148. The average molecular weight is 289 g/mol. The number of hydrogen-bond donors (Lipinski definition) is 1. The highest BCUT2D eigenvalue weighted by Gasteiger charge is 2.10. The summed E-state index contributed by atoms with van der Waals surface area (Å²) in [5.74, 6) is 0.661. The van der Waals surface area contributed by atoms with Crippen molar-refractivity contribution in [2.75, 3.05) is 12.8 Å². The summed E-state index contributed by atoms with van der Waals surface area (Å²) in [5.41, 5.74) is 6.75. The van der Waals surface area contributed by atoms with Gasteiger partial charge in [-0.05, 0) is 46.8 Å². The zero-order valence-corrected chi connectivity index (χ0v) is 11.4. The molecule has 0 aliphatic carbocycles. The molecule has 0 atom stereocenters. The van der Waals surface area contributed by atoms with Crippen LogP contribution in [-0.2, 0) is 0 Å². The van der Waals surface area contributed by atoms with Crippen LogP contribution in [0.25, 0.3) is 0 Å². The Hall–Kier alpha value is -2.41. The highest BCUT2D eigenvalue weighted by molar-refractivity contribution is 7.99. The molecule has 0 radical (unpaired) electrons. The Bertz CT molecular complexity index is 661. The lowest BCUT2D eigenvalue weighted by Crippen LogP contribution is -1.90. The number of methoxy groups -OCH3 is 1. The lowest BCUT2D eigenvalue weighted by Gasteiger charge is -2.08. The molecule has 0 aliphatic rings. The fourth-order valence-electron chi connectivity index (χ4n) is 1.57. The second-order valence-corrected chi connectivity index (χ2v) is 4.92. The van der Waals surface area contributed by atoms with Crippen molar-refractivity contribution in [3.8, 4) is 5.75 Å². The third kappa shape index (κ3) is 2.94. The molecule has 6 nitrogen and oxygen atoms in total. The minimum absolute atomic E-state index is 0.148. The summed E-state index contributed by atoms with van der Waals surface area (Å²) in [4.78, 5) is 22.6. The summed E-state index contributed by atoms with van der Waals surface area (Å²) >= 11 is 1.27. The SMILES string of the molecule is COc1ccc(N)c(Sc2ccc(N=O)cc2N=O)c1. The van der Waals surface area contributed by atoms with Crippen molar-refractivity contribution in [2.45, 2.75) is 9.79 Å². The predicted octanol–water partition coefficient (Wildman–Crippen LogP) is 4.22. The first-order valence-corrected chi connectivity index (χ1v) is 6.41. The quantitative estimate of drug-likeness (QED) is 0.656. The first-order valence-electron chi connectivity index (χ1n) is 5.60. The summed E-state index contributed by atoms with van der Waals surface area (Å²) in [7, 11) is 1.56. The van der Waals surface area contributed by atoms with Crippen molar-refractivity contribution in [1.82, 2.24) is 0 Å².